The molecule has 0 radical (unpaired) electrons. The Hall–Kier alpha value is -1.40. The summed E-state index contributed by atoms with van der Waals surface area (Å²) in [5.74, 6) is 0. The molecule has 0 aliphatic carbocycles. The van der Waals surface area contributed by atoms with Crippen molar-refractivity contribution in [3.05, 3.63) is 39.9 Å². The van der Waals surface area contributed by atoms with Gasteiger partial charge in [-0.1, -0.05) is 12.1 Å². The van der Waals surface area contributed by atoms with Gasteiger partial charge in [0.15, 0.2) is 0 Å². The minimum Gasteiger partial charge on any atom is -0.322 e. The average Bonchev–Trinajstić information content (AvgIpc) is 2.26. The topological polar surface area (TPSA) is 116 Å². The van der Waals surface area contributed by atoms with E-state index >= 15 is 0 Å². The first-order chi connectivity index (χ1) is 7.50. The smallest absolute Gasteiger partial charge is 0.322 e. The van der Waals surface area contributed by atoms with Crippen molar-refractivity contribution in [1.29, 1.82) is 0 Å². The number of nitrogens with two attached hydrogens (primary N) is 1. The molecule has 2 unspecified atom stereocenters. The molecule has 0 saturated heterocycles. The molecule has 0 fully saturated rings. The lowest BCUT2D eigenvalue weighted by molar-refractivity contribution is -0.384. The Labute approximate surface area is 91.9 Å². The average molecular weight is 245 g/mol. The molecule has 86 valence electrons. The van der Waals surface area contributed by atoms with Gasteiger partial charge in [0, 0.05) is 16.7 Å². The van der Waals surface area contributed by atoms with Crippen molar-refractivity contribution in [2.75, 3.05) is 6.61 Å². The molecule has 8 heteroatoms. The largest absolute Gasteiger partial charge is 0.694 e. The van der Waals surface area contributed by atoms with Gasteiger partial charge in [-0.15, -0.1) is 9.42 Å². The maximum atomic E-state index is 10.4. The zero-order valence-corrected chi connectivity index (χ0v) is 9.04. The molecule has 2 atom stereocenters. The van der Waals surface area contributed by atoms with Crippen molar-refractivity contribution in [3.63, 3.8) is 0 Å². The van der Waals surface area contributed by atoms with Crippen LogP contribution in [0.3, 0.4) is 0 Å². The van der Waals surface area contributed by atoms with Crippen LogP contribution in [0.4, 0.5) is 5.69 Å². The molecule has 0 spiro atoms. The van der Waals surface area contributed by atoms with Crippen LogP contribution < -0.4 is 5.73 Å². The number of rotatable bonds is 5. The molecule has 0 amide bonds. The predicted octanol–water partition coefficient (Wildman–Crippen LogP) is 1.26. The summed E-state index contributed by atoms with van der Waals surface area (Å²) in [5, 5.41) is 10.4. The zero-order valence-electron chi connectivity index (χ0n) is 8.15. The summed E-state index contributed by atoms with van der Waals surface area (Å²) in [6.07, 6.45) is 0. The quantitative estimate of drug-likeness (QED) is 0.458. The Balaban J connectivity index is 2.66. The van der Waals surface area contributed by atoms with Crippen molar-refractivity contribution in [1.82, 2.24) is 0 Å². The summed E-state index contributed by atoms with van der Waals surface area (Å²) in [7, 11) is -2.68. The first-order valence-electron chi connectivity index (χ1n) is 4.29. The molecule has 0 saturated carbocycles. The lowest BCUT2D eigenvalue weighted by Gasteiger charge is -2.06. The van der Waals surface area contributed by atoms with Crippen molar-refractivity contribution in [3.8, 4) is 0 Å². The van der Waals surface area contributed by atoms with Crippen molar-refractivity contribution in [2.24, 2.45) is 5.73 Å². The van der Waals surface area contributed by atoms with E-state index in [2.05, 4.69) is 4.52 Å². The van der Waals surface area contributed by atoms with Crippen LogP contribution in [0.1, 0.15) is 11.6 Å². The minimum atomic E-state index is -2.68. The van der Waals surface area contributed by atoms with E-state index in [-0.39, 0.29) is 12.3 Å². The Morgan fingerprint density at radius 3 is 2.50 bits per heavy atom. The highest BCUT2D eigenvalue weighted by Gasteiger charge is 2.17. The fourth-order valence-corrected chi connectivity index (χ4v) is 1.37. The Bertz CT molecular complexity index is 394. The Morgan fingerprint density at radius 1 is 1.50 bits per heavy atom. The molecule has 0 aromatic heterocycles. The van der Waals surface area contributed by atoms with Crippen LogP contribution in [0.25, 0.3) is 0 Å². The van der Waals surface area contributed by atoms with Gasteiger partial charge in [-0.2, -0.15) is 0 Å². The van der Waals surface area contributed by atoms with E-state index in [1.165, 1.54) is 24.3 Å². The molecule has 0 heterocycles. The highest BCUT2D eigenvalue weighted by molar-refractivity contribution is 7.32. The lowest BCUT2D eigenvalue weighted by atomic mass is 10.1. The summed E-state index contributed by atoms with van der Waals surface area (Å²) < 4.78 is 14.7. The van der Waals surface area contributed by atoms with E-state index in [0.717, 1.165) is 0 Å². The highest BCUT2D eigenvalue weighted by atomic mass is 31.1. The van der Waals surface area contributed by atoms with E-state index in [4.69, 9.17) is 10.6 Å². The van der Waals surface area contributed by atoms with Crippen molar-refractivity contribution >= 4 is 13.9 Å². The third kappa shape index (κ3) is 3.63. The van der Waals surface area contributed by atoms with Gasteiger partial charge in [-0.05, 0) is 5.56 Å². The summed E-state index contributed by atoms with van der Waals surface area (Å²) in [6, 6.07) is 5.00. The molecule has 1 aromatic carbocycles. The maximum absolute atomic E-state index is 10.4. The monoisotopic (exact) mass is 245 g/mol. The fourth-order valence-electron chi connectivity index (χ4n) is 1.08. The van der Waals surface area contributed by atoms with E-state index in [1.54, 1.807) is 0 Å². The molecule has 16 heavy (non-hydrogen) atoms. The first kappa shape index (κ1) is 12.7. The number of hydrogen-bond acceptors (Lipinski definition) is 5. The van der Waals surface area contributed by atoms with E-state index in [0.29, 0.717) is 5.56 Å². The van der Waals surface area contributed by atoms with Gasteiger partial charge < -0.3 is 5.73 Å². The van der Waals surface area contributed by atoms with Crippen LogP contribution in [0.5, 0.6) is 0 Å². The third-order valence-electron chi connectivity index (χ3n) is 1.90. The Morgan fingerprint density at radius 2 is 2.06 bits per heavy atom. The molecule has 0 aliphatic heterocycles. The summed E-state index contributed by atoms with van der Waals surface area (Å²) >= 11 is 0. The molecule has 7 nitrogen and oxygen atoms in total. The van der Waals surface area contributed by atoms with Crippen LogP contribution in [-0.4, -0.2) is 16.4 Å². The standard InChI is InChI=1S/C8H9N2O5P/c9-8(5-15-16(13)14)6-1-3-7(4-2-6)10(11)12/h1-4,8H,5,9H2/p+1. The van der Waals surface area contributed by atoms with Crippen molar-refractivity contribution < 1.29 is 18.9 Å². The SMILES string of the molecule is NC(CO[P+](=O)O)c1ccc([N+](=O)[O-])cc1. The highest BCUT2D eigenvalue weighted by Crippen LogP contribution is 2.20. The molecule has 1 aromatic rings. The van der Waals surface area contributed by atoms with E-state index in [9.17, 15) is 14.7 Å². The summed E-state index contributed by atoms with van der Waals surface area (Å²) in [6.45, 7) is -0.122. The van der Waals surface area contributed by atoms with Gasteiger partial charge in [0.1, 0.15) is 6.61 Å². The second-order valence-electron chi connectivity index (χ2n) is 2.99. The molecular formula is C8H10N2O5P+. The normalized spacial score (nSPS) is 13.2. The van der Waals surface area contributed by atoms with Crippen LogP contribution in [0.15, 0.2) is 24.3 Å². The second-order valence-corrected chi connectivity index (χ2v) is 3.72. The molecular weight excluding hydrogens is 235 g/mol. The number of benzene rings is 1. The molecule has 0 bridgehead atoms. The number of nitro benzene ring substituents is 1. The van der Waals surface area contributed by atoms with Gasteiger partial charge in [-0.25, -0.2) is 0 Å². The van der Waals surface area contributed by atoms with Gasteiger partial charge in [0.2, 0.25) is 0 Å². The maximum Gasteiger partial charge on any atom is 0.694 e. The van der Waals surface area contributed by atoms with Gasteiger partial charge >= 0.3 is 8.25 Å². The van der Waals surface area contributed by atoms with Crippen LogP contribution >= 0.6 is 8.25 Å². The first-order valence-corrected chi connectivity index (χ1v) is 5.42. The van der Waals surface area contributed by atoms with Gasteiger partial charge in [-0.3, -0.25) is 10.1 Å². The number of hydrogen-bond donors (Lipinski definition) is 2. The van der Waals surface area contributed by atoms with Crippen LogP contribution in [0, 0.1) is 10.1 Å². The zero-order chi connectivity index (χ0) is 12.1. The van der Waals surface area contributed by atoms with Crippen LogP contribution in [0.2, 0.25) is 0 Å². The van der Waals surface area contributed by atoms with Gasteiger partial charge in [0.05, 0.1) is 11.0 Å². The third-order valence-corrected chi connectivity index (χ3v) is 2.27. The predicted molar refractivity (Wildman–Crippen MR) is 55.8 cm³/mol. The number of nitro groups is 1. The number of nitrogens with zero attached hydrogens (tertiary/aromatic N) is 1. The minimum absolute atomic E-state index is 0.0369. The molecule has 0 aliphatic rings. The molecule has 3 N–H and O–H groups in total. The summed E-state index contributed by atoms with van der Waals surface area (Å²) in [5.41, 5.74) is 6.20. The molecule has 1 rings (SSSR count). The second kappa shape index (κ2) is 5.62. The van der Waals surface area contributed by atoms with Gasteiger partial charge in [0.25, 0.3) is 5.69 Å². The number of non-ortho nitro benzene ring substituents is 1. The summed E-state index contributed by atoms with van der Waals surface area (Å²) in [4.78, 5) is 18.3. The Kier molecular flexibility index (Phi) is 4.45. The van der Waals surface area contributed by atoms with E-state index < -0.39 is 19.2 Å². The van der Waals surface area contributed by atoms with Crippen molar-refractivity contribution in [2.45, 2.75) is 6.04 Å². The van der Waals surface area contributed by atoms with Crippen LogP contribution in [-0.2, 0) is 9.09 Å². The van der Waals surface area contributed by atoms with E-state index in [1.807, 2.05) is 0 Å². The fraction of sp³-hybridized carbons (Fsp3) is 0.250. The lowest BCUT2D eigenvalue weighted by Crippen LogP contribution is -2.15.